The van der Waals surface area contributed by atoms with Crippen molar-refractivity contribution in [2.75, 3.05) is 27.3 Å². The van der Waals surface area contributed by atoms with E-state index in [0.717, 1.165) is 0 Å². The molecular formula is C24H32N4O5. The second-order valence-corrected chi connectivity index (χ2v) is 9.90. The first kappa shape index (κ1) is 24.6. The molecule has 178 valence electrons. The van der Waals surface area contributed by atoms with Crippen molar-refractivity contribution in [1.29, 1.82) is 0 Å². The number of ether oxygens (including phenoxy) is 1. The molecule has 0 radical (unpaired) electrons. The number of nitro groups is 1. The first-order valence-corrected chi connectivity index (χ1v) is 11.1. The number of nitrogens with zero attached hydrogens (tertiary/aromatic N) is 4. The molecule has 3 rings (SSSR count). The Morgan fingerprint density at radius 1 is 1.33 bits per heavy atom. The monoisotopic (exact) mass is 456 g/mol. The van der Waals surface area contributed by atoms with Gasteiger partial charge in [0.1, 0.15) is 5.69 Å². The first-order valence-electron chi connectivity index (χ1n) is 11.1. The van der Waals surface area contributed by atoms with Crippen LogP contribution in [-0.2, 0) is 17.6 Å². The van der Waals surface area contributed by atoms with E-state index < -0.39 is 4.92 Å². The lowest BCUT2D eigenvalue weighted by molar-refractivity contribution is -0.384. The number of ketones is 1. The number of carbonyl (C=O) groups excluding carboxylic acids is 2. The summed E-state index contributed by atoms with van der Waals surface area (Å²) in [5.74, 6) is -0.0313. The van der Waals surface area contributed by atoms with Crippen LogP contribution in [0.5, 0.6) is 0 Å². The number of amides is 1. The third-order valence-electron chi connectivity index (χ3n) is 5.84. The number of carbonyl (C=O) groups is 2. The molecule has 0 saturated heterocycles. The molecule has 1 aromatic carbocycles. The Hall–Kier alpha value is -3.07. The van der Waals surface area contributed by atoms with Crippen molar-refractivity contribution in [1.82, 2.24) is 14.7 Å². The molecule has 0 saturated carbocycles. The van der Waals surface area contributed by atoms with E-state index in [2.05, 4.69) is 0 Å². The average Bonchev–Trinajstić information content (AvgIpc) is 3.06. The van der Waals surface area contributed by atoms with Crippen molar-refractivity contribution in [2.45, 2.75) is 47.0 Å². The second-order valence-electron chi connectivity index (χ2n) is 9.90. The van der Waals surface area contributed by atoms with Crippen molar-refractivity contribution in [3.05, 3.63) is 50.8 Å². The standard InChI is InChI=1S/C24H32N4O5/c1-15(2)11-17-22-20(13-24(3,4)14-21(22)29)27(25-17)18-8-7-16(12-19(18)28(31)32)23(30)26(5)9-10-33-6/h7-8,12,15H,9-11,13-14H2,1-6H3. The highest BCUT2D eigenvalue weighted by Crippen LogP contribution is 2.39. The highest BCUT2D eigenvalue weighted by Gasteiger charge is 2.37. The molecule has 0 bridgehead atoms. The molecule has 0 spiro atoms. The Bertz CT molecular complexity index is 1090. The normalized spacial score (nSPS) is 14.9. The van der Waals surface area contributed by atoms with E-state index in [-0.39, 0.29) is 40.0 Å². The maximum Gasteiger partial charge on any atom is 0.295 e. The minimum absolute atomic E-state index is 0.0253. The minimum atomic E-state index is -0.507. The number of Topliss-reactive ketones (excluding diaryl/α,β-unsaturated/α-hetero) is 1. The maximum absolute atomic E-state index is 13.0. The van der Waals surface area contributed by atoms with Gasteiger partial charge in [-0.25, -0.2) is 4.68 Å². The zero-order valence-corrected chi connectivity index (χ0v) is 20.2. The van der Waals surface area contributed by atoms with Gasteiger partial charge in [-0.2, -0.15) is 5.10 Å². The summed E-state index contributed by atoms with van der Waals surface area (Å²) in [6.45, 7) is 8.85. The molecule has 0 aliphatic heterocycles. The van der Waals surface area contributed by atoms with Crippen LogP contribution in [0, 0.1) is 21.4 Å². The van der Waals surface area contributed by atoms with Gasteiger partial charge in [0.15, 0.2) is 5.78 Å². The number of aromatic nitrogens is 2. The number of likely N-dealkylation sites (N-methyl/N-ethyl adjacent to an activating group) is 1. The lowest BCUT2D eigenvalue weighted by Crippen LogP contribution is -2.30. The van der Waals surface area contributed by atoms with Crippen LogP contribution in [0.15, 0.2) is 18.2 Å². The Balaban J connectivity index is 2.13. The summed E-state index contributed by atoms with van der Waals surface area (Å²) in [6.07, 6.45) is 1.60. The second kappa shape index (κ2) is 9.43. The van der Waals surface area contributed by atoms with Gasteiger partial charge in [-0.3, -0.25) is 19.7 Å². The summed E-state index contributed by atoms with van der Waals surface area (Å²) in [7, 11) is 3.17. The van der Waals surface area contributed by atoms with Crippen LogP contribution in [0.4, 0.5) is 5.69 Å². The summed E-state index contributed by atoms with van der Waals surface area (Å²) >= 11 is 0. The largest absolute Gasteiger partial charge is 0.383 e. The summed E-state index contributed by atoms with van der Waals surface area (Å²) < 4.78 is 6.55. The lowest BCUT2D eigenvalue weighted by Gasteiger charge is -2.29. The van der Waals surface area contributed by atoms with Gasteiger partial charge < -0.3 is 9.64 Å². The molecular weight excluding hydrogens is 424 g/mol. The quantitative estimate of drug-likeness (QED) is 0.441. The van der Waals surface area contributed by atoms with Gasteiger partial charge in [-0.15, -0.1) is 0 Å². The van der Waals surface area contributed by atoms with Crippen LogP contribution in [0.2, 0.25) is 0 Å². The molecule has 0 fully saturated rings. The van der Waals surface area contributed by atoms with E-state index in [0.29, 0.717) is 49.4 Å². The summed E-state index contributed by atoms with van der Waals surface area (Å²) in [6, 6.07) is 4.40. The SMILES string of the molecule is COCCN(C)C(=O)c1ccc(-n2nc(CC(C)C)c3c2CC(C)(C)CC3=O)c([N+](=O)[O-])c1. The molecule has 1 aliphatic rings. The number of fused-ring (bicyclic) bond motifs is 1. The number of nitro benzene ring substituents is 1. The summed E-state index contributed by atoms with van der Waals surface area (Å²) in [4.78, 5) is 38.7. The molecule has 2 aromatic rings. The van der Waals surface area contributed by atoms with E-state index in [1.807, 2.05) is 27.7 Å². The van der Waals surface area contributed by atoms with E-state index in [9.17, 15) is 19.7 Å². The van der Waals surface area contributed by atoms with Crippen LogP contribution in [-0.4, -0.2) is 58.6 Å². The summed E-state index contributed by atoms with van der Waals surface area (Å²) in [5, 5.41) is 16.7. The summed E-state index contributed by atoms with van der Waals surface area (Å²) in [5.41, 5.74) is 1.94. The number of hydrogen-bond acceptors (Lipinski definition) is 6. The van der Waals surface area contributed by atoms with Gasteiger partial charge in [-0.05, 0) is 36.3 Å². The van der Waals surface area contributed by atoms with Crippen molar-refractivity contribution in [3.63, 3.8) is 0 Å². The highest BCUT2D eigenvalue weighted by atomic mass is 16.6. The molecule has 1 amide bonds. The fourth-order valence-electron chi connectivity index (χ4n) is 4.29. The predicted molar refractivity (Wildman–Crippen MR) is 124 cm³/mol. The highest BCUT2D eigenvalue weighted by molar-refractivity contribution is 6.00. The van der Waals surface area contributed by atoms with Gasteiger partial charge in [0.25, 0.3) is 11.6 Å². The Kier molecular flexibility index (Phi) is 7.02. The van der Waals surface area contributed by atoms with Crippen molar-refractivity contribution in [2.24, 2.45) is 11.3 Å². The van der Waals surface area contributed by atoms with Crippen molar-refractivity contribution < 1.29 is 19.2 Å². The first-order chi connectivity index (χ1) is 15.4. The van der Waals surface area contributed by atoms with Gasteiger partial charge in [-0.1, -0.05) is 27.7 Å². The molecule has 1 aromatic heterocycles. The minimum Gasteiger partial charge on any atom is -0.383 e. The Morgan fingerprint density at radius 3 is 2.64 bits per heavy atom. The van der Waals surface area contributed by atoms with E-state index in [1.54, 1.807) is 31.0 Å². The zero-order chi connectivity index (χ0) is 24.5. The van der Waals surface area contributed by atoms with Crippen LogP contribution in [0.25, 0.3) is 5.69 Å². The average molecular weight is 457 g/mol. The smallest absolute Gasteiger partial charge is 0.295 e. The molecule has 1 heterocycles. The molecule has 0 atom stereocenters. The fourth-order valence-corrected chi connectivity index (χ4v) is 4.29. The Labute approximate surface area is 193 Å². The zero-order valence-electron chi connectivity index (χ0n) is 20.2. The molecule has 9 heteroatoms. The van der Waals surface area contributed by atoms with Crippen molar-refractivity contribution in [3.8, 4) is 5.69 Å². The van der Waals surface area contributed by atoms with E-state index in [4.69, 9.17) is 9.84 Å². The lowest BCUT2D eigenvalue weighted by atomic mass is 9.75. The molecule has 0 N–H and O–H groups in total. The topological polar surface area (TPSA) is 108 Å². The van der Waals surface area contributed by atoms with Gasteiger partial charge >= 0.3 is 0 Å². The van der Waals surface area contributed by atoms with Gasteiger partial charge in [0.2, 0.25) is 0 Å². The Morgan fingerprint density at radius 2 is 2.03 bits per heavy atom. The molecule has 1 aliphatic carbocycles. The third kappa shape index (κ3) is 5.13. The van der Waals surface area contributed by atoms with E-state index >= 15 is 0 Å². The molecule has 33 heavy (non-hydrogen) atoms. The van der Waals surface area contributed by atoms with Crippen LogP contribution in [0.1, 0.15) is 66.2 Å². The van der Waals surface area contributed by atoms with E-state index in [1.165, 1.54) is 11.0 Å². The number of methoxy groups -OCH3 is 1. The maximum atomic E-state index is 13.0. The van der Waals surface area contributed by atoms with Crippen LogP contribution in [0.3, 0.4) is 0 Å². The molecule has 0 unspecified atom stereocenters. The van der Waals surface area contributed by atoms with Crippen LogP contribution >= 0.6 is 0 Å². The fraction of sp³-hybridized carbons (Fsp3) is 0.542. The third-order valence-corrected chi connectivity index (χ3v) is 5.84. The predicted octanol–water partition coefficient (Wildman–Crippen LogP) is 3.85. The van der Waals surface area contributed by atoms with Crippen LogP contribution < -0.4 is 0 Å². The van der Waals surface area contributed by atoms with Crippen molar-refractivity contribution >= 4 is 17.4 Å². The number of rotatable bonds is 8. The number of benzene rings is 1. The van der Waals surface area contributed by atoms with Gasteiger partial charge in [0.05, 0.1) is 28.5 Å². The van der Waals surface area contributed by atoms with Gasteiger partial charge in [0, 0.05) is 38.8 Å². The number of hydrogen-bond donors (Lipinski definition) is 0. The molecule has 9 nitrogen and oxygen atoms in total.